The number of nitrogens with zero attached hydrogens (tertiary/aromatic N) is 1. The lowest BCUT2D eigenvalue weighted by Gasteiger charge is -2.27. The summed E-state index contributed by atoms with van der Waals surface area (Å²) in [5.74, 6) is 0. The number of hydrogen-bond acceptors (Lipinski definition) is 2. The lowest BCUT2D eigenvalue weighted by atomic mass is 9.92. The van der Waals surface area contributed by atoms with E-state index in [1.54, 1.807) is 24.3 Å². The molecule has 0 aromatic heterocycles. The molecule has 2 aromatic carbocycles. The van der Waals surface area contributed by atoms with Crippen molar-refractivity contribution < 1.29 is 4.79 Å². The predicted octanol–water partition coefficient (Wildman–Crippen LogP) is 4.65. The lowest BCUT2D eigenvalue weighted by Crippen LogP contribution is -2.43. The summed E-state index contributed by atoms with van der Waals surface area (Å²) < 4.78 is 0. The molecule has 0 fully saturated rings. The molecule has 24 heavy (non-hydrogen) atoms. The highest BCUT2D eigenvalue weighted by Gasteiger charge is 2.23. The molecular weight excluding hydrogens is 298 g/mol. The fraction of sp³-hybridized carbons (Fsp3) is 0.200. The van der Waals surface area contributed by atoms with Gasteiger partial charge in [-0.2, -0.15) is 5.26 Å². The molecule has 2 N–H and O–H groups in total. The van der Waals surface area contributed by atoms with Gasteiger partial charge in [0.25, 0.3) is 0 Å². The minimum absolute atomic E-state index is 0.323. The molecule has 0 spiro atoms. The average molecular weight is 319 g/mol. The largest absolute Gasteiger partial charge is 0.329 e. The van der Waals surface area contributed by atoms with Gasteiger partial charge in [0.15, 0.2) is 0 Å². The predicted molar refractivity (Wildman–Crippen MR) is 97.5 cm³/mol. The van der Waals surface area contributed by atoms with Crippen LogP contribution in [0, 0.1) is 11.3 Å². The minimum atomic E-state index is -0.553. The third-order valence-corrected chi connectivity index (χ3v) is 3.75. The minimum Gasteiger partial charge on any atom is -0.329 e. The van der Waals surface area contributed by atoms with Gasteiger partial charge in [-0.1, -0.05) is 36.4 Å². The summed E-state index contributed by atoms with van der Waals surface area (Å²) in [4.78, 5) is 12.3. The highest BCUT2D eigenvalue weighted by Crippen LogP contribution is 2.23. The summed E-state index contributed by atoms with van der Waals surface area (Å²) in [7, 11) is 0. The van der Waals surface area contributed by atoms with Crippen LogP contribution in [0.15, 0.2) is 55.1 Å². The van der Waals surface area contributed by atoms with E-state index >= 15 is 0 Å². The molecule has 2 aromatic rings. The van der Waals surface area contributed by atoms with Gasteiger partial charge in [-0.3, -0.25) is 0 Å². The van der Waals surface area contributed by atoms with Crippen LogP contribution in [0.1, 0.15) is 37.5 Å². The number of rotatable bonds is 4. The number of benzene rings is 2. The van der Waals surface area contributed by atoms with Crippen molar-refractivity contribution in [2.45, 2.75) is 26.3 Å². The summed E-state index contributed by atoms with van der Waals surface area (Å²) in [5.41, 5.74) is 3.54. The van der Waals surface area contributed by atoms with Crippen molar-refractivity contribution in [1.29, 1.82) is 5.26 Å². The SMILES string of the molecule is C=C(C)c1cccc(C(C)(C)NC(=O)Nc2cccc(C#N)c2)c1. The van der Waals surface area contributed by atoms with Gasteiger partial charge in [0.2, 0.25) is 0 Å². The van der Waals surface area contributed by atoms with Crippen molar-refractivity contribution in [2.24, 2.45) is 0 Å². The van der Waals surface area contributed by atoms with E-state index < -0.39 is 5.54 Å². The van der Waals surface area contributed by atoms with Crippen molar-refractivity contribution >= 4 is 17.3 Å². The van der Waals surface area contributed by atoms with E-state index in [-0.39, 0.29) is 6.03 Å². The Balaban J connectivity index is 2.13. The molecule has 0 saturated carbocycles. The maximum absolute atomic E-state index is 12.3. The van der Waals surface area contributed by atoms with Crippen LogP contribution >= 0.6 is 0 Å². The molecule has 122 valence electrons. The molecule has 4 heteroatoms. The number of nitriles is 1. The van der Waals surface area contributed by atoms with Crippen LogP contribution in [-0.4, -0.2) is 6.03 Å². The molecule has 4 nitrogen and oxygen atoms in total. The van der Waals surface area contributed by atoms with Gasteiger partial charge in [-0.15, -0.1) is 0 Å². The van der Waals surface area contributed by atoms with Crippen molar-refractivity contribution in [3.8, 4) is 6.07 Å². The fourth-order valence-electron chi connectivity index (χ4n) is 2.36. The molecule has 2 amide bonds. The van der Waals surface area contributed by atoms with Gasteiger partial charge >= 0.3 is 6.03 Å². The molecule has 0 aliphatic rings. The Kier molecular flexibility index (Phi) is 5.05. The topological polar surface area (TPSA) is 64.9 Å². The van der Waals surface area contributed by atoms with Crippen LogP contribution in [0.4, 0.5) is 10.5 Å². The maximum atomic E-state index is 12.3. The number of carbonyl (C=O) groups excluding carboxylic acids is 1. The normalized spacial score (nSPS) is 10.6. The van der Waals surface area contributed by atoms with Crippen molar-refractivity contribution in [3.63, 3.8) is 0 Å². The van der Waals surface area contributed by atoms with Crippen molar-refractivity contribution in [2.75, 3.05) is 5.32 Å². The first-order valence-electron chi connectivity index (χ1n) is 7.67. The van der Waals surface area contributed by atoms with E-state index in [1.807, 2.05) is 45.0 Å². The molecule has 0 bridgehead atoms. The summed E-state index contributed by atoms with van der Waals surface area (Å²) in [6.45, 7) is 9.79. The molecule has 0 atom stereocenters. The fourth-order valence-corrected chi connectivity index (χ4v) is 2.36. The number of hydrogen-bond donors (Lipinski definition) is 2. The quantitative estimate of drug-likeness (QED) is 0.861. The first kappa shape index (κ1) is 17.3. The van der Waals surface area contributed by atoms with Crippen molar-refractivity contribution in [1.82, 2.24) is 5.32 Å². The second kappa shape index (κ2) is 7.01. The maximum Gasteiger partial charge on any atom is 0.319 e. The van der Waals surface area contributed by atoms with Crippen LogP contribution < -0.4 is 10.6 Å². The molecule has 0 radical (unpaired) electrons. The van der Waals surface area contributed by atoms with Gasteiger partial charge in [0.1, 0.15) is 0 Å². The standard InChI is InChI=1S/C20H21N3O/c1-14(2)16-8-6-9-17(12-16)20(3,4)23-19(24)22-18-10-5-7-15(11-18)13-21/h5-12H,1H2,2-4H3,(H2,22,23,24). The Morgan fingerprint density at radius 1 is 1.17 bits per heavy atom. The second-order valence-electron chi connectivity index (χ2n) is 6.26. The van der Waals surface area contributed by atoms with E-state index in [4.69, 9.17) is 5.26 Å². The van der Waals surface area contributed by atoms with Gasteiger partial charge in [-0.05, 0) is 56.2 Å². The van der Waals surface area contributed by atoms with E-state index in [0.717, 1.165) is 16.7 Å². The zero-order valence-corrected chi connectivity index (χ0v) is 14.2. The van der Waals surface area contributed by atoms with Gasteiger partial charge in [-0.25, -0.2) is 4.79 Å². The average Bonchev–Trinajstić information content (AvgIpc) is 2.54. The van der Waals surface area contributed by atoms with E-state index in [1.165, 1.54) is 0 Å². The molecule has 2 rings (SSSR count). The number of nitrogens with one attached hydrogen (secondary N) is 2. The summed E-state index contributed by atoms with van der Waals surface area (Å²) in [5, 5.41) is 14.6. The lowest BCUT2D eigenvalue weighted by molar-refractivity contribution is 0.242. The molecular formula is C20H21N3O. The molecule has 0 aliphatic carbocycles. The second-order valence-corrected chi connectivity index (χ2v) is 6.26. The Labute approximate surface area is 142 Å². The zero-order valence-electron chi connectivity index (χ0n) is 14.2. The Morgan fingerprint density at radius 2 is 1.88 bits per heavy atom. The monoisotopic (exact) mass is 319 g/mol. The molecule has 0 heterocycles. The first-order chi connectivity index (χ1) is 11.3. The van der Waals surface area contributed by atoms with E-state index in [2.05, 4.69) is 23.3 Å². The number of urea groups is 1. The third kappa shape index (κ3) is 4.23. The summed E-state index contributed by atoms with van der Waals surface area (Å²) in [6, 6.07) is 16.5. The summed E-state index contributed by atoms with van der Waals surface area (Å²) >= 11 is 0. The number of anilines is 1. The smallest absolute Gasteiger partial charge is 0.319 e. The number of allylic oxidation sites excluding steroid dienone is 1. The van der Waals surface area contributed by atoms with E-state index in [0.29, 0.717) is 11.3 Å². The molecule has 0 aliphatic heterocycles. The van der Waals surface area contributed by atoms with Crippen LogP contribution in [0.2, 0.25) is 0 Å². The zero-order chi connectivity index (χ0) is 17.7. The van der Waals surface area contributed by atoms with Gasteiger partial charge in [0, 0.05) is 5.69 Å². The van der Waals surface area contributed by atoms with Gasteiger partial charge in [0.05, 0.1) is 17.2 Å². The Bertz CT molecular complexity index is 816. The van der Waals surface area contributed by atoms with Crippen LogP contribution in [0.5, 0.6) is 0 Å². The number of amides is 2. The first-order valence-corrected chi connectivity index (χ1v) is 7.67. The Morgan fingerprint density at radius 3 is 2.54 bits per heavy atom. The molecule has 0 saturated heterocycles. The van der Waals surface area contributed by atoms with Crippen LogP contribution in [0.25, 0.3) is 5.57 Å². The number of carbonyl (C=O) groups is 1. The van der Waals surface area contributed by atoms with Crippen LogP contribution in [0.3, 0.4) is 0 Å². The highest BCUT2D eigenvalue weighted by atomic mass is 16.2. The highest BCUT2D eigenvalue weighted by molar-refractivity contribution is 5.90. The van der Waals surface area contributed by atoms with Gasteiger partial charge < -0.3 is 10.6 Å². The third-order valence-electron chi connectivity index (χ3n) is 3.75. The van der Waals surface area contributed by atoms with Crippen molar-refractivity contribution in [3.05, 3.63) is 71.8 Å². The van der Waals surface area contributed by atoms with Crippen LogP contribution in [-0.2, 0) is 5.54 Å². The van der Waals surface area contributed by atoms with E-state index in [9.17, 15) is 4.79 Å². The Hall–Kier alpha value is -3.06. The summed E-state index contributed by atoms with van der Waals surface area (Å²) in [6.07, 6.45) is 0. The molecule has 0 unspecified atom stereocenters.